The number of hydrazine groups is 1. The second-order valence-corrected chi connectivity index (χ2v) is 6.88. The summed E-state index contributed by atoms with van der Waals surface area (Å²) in [4.78, 5) is 37.9. The summed E-state index contributed by atoms with van der Waals surface area (Å²) < 4.78 is 25.1. The number of carbonyl (C=O) groups is 3. The van der Waals surface area contributed by atoms with Crippen molar-refractivity contribution < 1.29 is 43.2 Å². The molecular weight excluding hydrogens is 448 g/mol. The second kappa shape index (κ2) is 13.8. The first kappa shape index (κ1) is 26.6. The van der Waals surface area contributed by atoms with Crippen molar-refractivity contribution in [3.63, 3.8) is 0 Å². The van der Waals surface area contributed by atoms with Crippen molar-refractivity contribution in [2.75, 3.05) is 21.3 Å². The Labute approximate surface area is 197 Å². The van der Waals surface area contributed by atoms with Crippen LogP contribution in [0.3, 0.4) is 0 Å². The Bertz CT molecular complexity index is 907. The normalized spacial score (nSPS) is 12.4. The van der Waals surface area contributed by atoms with E-state index in [1.165, 1.54) is 14.2 Å². The highest BCUT2D eigenvalue weighted by Gasteiger charge is 2.43. The van der Waals surface area contributed by atoms with E-state index in [1.54, 1.807) is 60.7 Å². The van der Waals surface area contributed by atoms with Crippen LogP contribution in [-0.2, 0) is 41.7 Å². The van der Waals surface area contributed by atoms with Crippen LogP contribution in [0.2, 0.25) is 0 Å². The molecule has 0 aliphatic heterocycles. The zero-order valence-electron chi connectivity index (χ0n) is 19.1. The third-order valence-electron chi connectivity index (χ3n) is 4.61. The smallest absolute Gasteiger partial charge is 0.430 e. The molecule has 34 heavy (non-hydrogen) atoms. The van der Waals surface area contributed by atoms with Gasteiger partial charge in [0.2, 0.25) is 0 Å². The van der Waals surface area contributed by atoms with Crippen LogP contribution in [0.4, 0.5) is 9.59 Å². The fourth-order valence-electron chi connectivity index (χ4n) is 2.91. The highest BCUT2D eigenvalue weighted by atomic mass is 16.7. The summed E-state index contributed by atoms with van der Waals surface area (Å²) in [6.45, 7) is -0.275. The average Bonchev–Trinajstić information content (AvgIpc) is 2.87. The van der Waals surface area contributed by atoms with Crippen LogP contribution in [0.15, 0.2) is 60.7 Å². The molecule has 2 aromatic rings. The van der Waals surface area contributed by atoms with Crippen molar-refractivity contribution in [1.29, 1.82) is 0 Å². The minimum atomic E-state index is -1.79. The van der Waals surface area contributed by atoms with Crippen molar-refractivity contribution in [1.82, 2.24) is 10.4 Å². The summed E-state index contributed by atoms with van der Waals surface area (Å²) in [7, 11) is 3.51. The first-order chi connectivity index (χ1) is 16.4. The third kappa shape index (κ3) is 7.73. The predicted molar refractivity (Wildman–Crippen MR) is 118 cm³/mol. The number of carbonyl (C=O) groups excluding carboxylic acids is 3. The summed E-state index contributed by atoms with van der Waals surface area (Å²) in [5.74, 6) is -1.06. The quantitative estimate of drug-likeness (QED) is 0.229. The van der Waals surface area contributed by atoms with Crippen molar-refractivity contribution in [3.8, 4) is 0 Å². The minimum Gasteiger partial charge on any atom is -0.467 e. The molecule has 0 aromatic heterocycles. The molecule has 0 unspecified atom stereocenters. The molecule has 11 nitrogen and oxygen atoms in total. The topological polar surface area (TPSA) is 133 Å². The Morgan fingerprint density at radius 1 is 0.853 bits per heavy atom. The van der Waals surface area contributed by atoms with E-state index in [-0.39, 0.29) is 13.2 Å². The number of amides is 2. The third-order valence-corrected chi connectivity index (χ3v) is 4.61. The van der Waals surface area contributed by atoms with Gasteiger partial charge in [-0.3, -0.25) is 0 Å². The molecule has 0 radical (unpaired) electrons. The van der Waals surface area contributed by atoms with Gasteiger partial charge >= 0.3 is 18.2 Å². The van der Waals surface area contributed by atoms with Gasteiger partial charge in [0, 0.05) is 14.2 Å². The second-order valence-electron chi connectivity index (χ2n) is 6.88. The maximum absolute atomic E-state index is 12.9. The van der Waals surface area contributed by atoms with Crippen LogP contribution in [0, 0.1) is 0 Å². The summed E-state index contributed by atoms with van der Waals surface area (Å²) in [6.07, 6.45) is -5.33. The van der Waals surface area contributed by atoms with Gasteiger partial charge in [-0.05, 0) is 11.1 Å². The SMILES string of the molecule is COC(=O)[C@@H]([C@H](O)C(OC)OC)N(NC(=O)OCc1ccccc1)C(=O)OCc1ccccc1. The minimum absolute atomic E-state index is 0.107. The fourth-order valence-corrected chi connectivity index (χ4v) is 2.91. The molecule has 11 heteroatoms. The zero-order valence-corrected chi connectivity index (χ0v) is 19.1. The van der Waals surface area contributed by atoms with Crippen LogP contribution >= 0.6 is 0 Å². The van der Waals surface area contributed by atoms with Gasteiger partial charge in [-0.25, -0.2) is 19.8 Å². The number of esters is 1. The Morgan fingerprint density at radius 3 is 1.82 bits per heavy atom. The average molecular weight is 476 g/mol. The number of nitrogens with zero attached hydrogens (tertiary/aromatic N) is 1. The van der Waals surface area contributed by atoms with E-state index in [2.05, 4.69) is 5.43 Å². The number of rotatable bonds is 10. The number of hydrogen-bond donors (Lipinski definition) is 2. The fraction of sp³-hybridized carbons (Fsp3) is 0.348. The van der Waals surface area contributed by atoms with E-state index in [4.69, 9.17) is 23.7 Å². The van der Waals surface area contributed by atoms with Crippen LogP contribution in [0.1, 0.15) is 11.1 Å². The summed E-state index contributed by atoms with van der Waals surface area (Å²) in [6, 6.07) is 15.8. The lowest BCUT2D eigenvalue weighted by Crippen LogP contribution is -2.62. The Kier molecular flexibility index (Phi) is 10.8. The first-order valence-corrected chi connectivity index (χ1v) is 10.2. The molecule has 0 bridgehead atoms. The summed E-state index contributed by atoms with van der Waals surface area (Å²) >= 11 is 0. The Balaban J connectivity index is 2.24. The van der Waals surface area contributed by atoms with Crippen molar-refractivity contribution >= 4 is 18.2 Å². The number of benzene rings is 2. The highest BCUT2D eigenvalue weighted by molar-refractivity contribution is 5.83. The van der Waals surface area contributed by atoms with Gasteiger partial charge in [0.15, 0.2) is 12.3 Å². The first-order valence-electron chi connectivity index (χ1n) is 10.2. The molecule has 184 valence electrons. The van der Waals surface area contributed by atoms with Gasteiger partial charge in [0.05, 0.1) is 7.11 Å². The van der Waals surface area contributed by atoms with E-state index < -0.39 is 36.6 Å². The van der Waals surface area contributed by atoms with Gasteiger partial charge < -0.3 is 28.8 Å². The molecule has 0 fully saturated rings. The van der Waals surface area contributed by atoms with Crippen molar-refractivity contribution in [2.45, 2.75) is 31.6 Å². The molecule has 2 amide bonds. The molecule has 0 aliphatic rings. The summed E-state index contributed by atoms with van der Waals surface area (Å²) in [5.41, 5.74) is 3.50. The predicted octanol–water partition coefficient (Wildman–Crippen LogP) is 1.99. The lowest BCUT2D eigenvalue weighted by Gasteiger charge is -2.33. The molecule has 0 aliphatic carbocycles. The van der Waals surface area contributed by atoms with Gasteiger partial charge in [-0.15, -0.1) is 0 Å². The van der Waals surface area contributed by atoms with Crippen LogP contribution in [-0.4, -0.2) is 68.0 Å². The zero-order chi connectivity index (χ0) is 24.9. The number of aliphatic hydroxyl groups is 1. The number of ether oxygens (including phenoxy) is 5. The Hall–Kier alpha value is -3.67. The van der Waals surface area contributed by atoms with Crippen molar-refractivity contribution in [2.24, 2.45) is 0 Å². The van der Waals surface area contributed by atoms with Gasteiger partial charge in [-0.2, -0.15) is 5.01 Å². The number of aliphatic hydroxyl groups excluding tert-OH is 1. The standard InChI is InChI=1S/C23H28N2O9/c1-30-20(27)18(19(26)21(31-2)32-3)25(23(29)34-15-17-12-8-5-9-13-17)24-22(28)33-14-16-10-6-4-7-11-16/h4-13,18-19,21,26H,14-15H2,1-3H3,(H,24,28)/t18-,19+/m1/s1. The van der Waals surface area contributed by atoms with Crippen LogP contribution < -0.4 is 5.43 Å². The molecule has 0 heterocycles. The molecule has 2 aromatic carbocycles. The summed E-state index contributed by atoms with van der Waals surface area (Å²) in [5, 5.41) is 11.2. The number of nitrogens with one attached hydrogen (secondary N) is 1. The van der Waals surface area contributed by atoms with Gasteiger partial charge in [-0.1, -0.05) is 60.7 Å². The molecule has 2 rings (SSSR count). The number of methoxy groups -OCH3 is 3. The van der Waals surface area contributed by atoms with E-state index in [0.717, 1.165) is 7.11 Å². The van der Waals surface area contributed by atoms with Crippen LogP contribution in [0.5, 0.6) is 0 Å². The van der Waals surface area contributed by atoms with E-state index in [0.29, 0.717) is 16.1 Å². The molecule has 2 N–H and O–H groups in total. The van der Waals surface area contributed by atoms with Gasteiger partial charge in [0.1, 0.15) is 19.3 Å². The molecule has 0 saturated carbocycles. The van der Waals surface area contributed by atoms with E-state index in [9.17, 15) is 19.5 Å². The Morgan fingerprint density at radius 2 is 1.35 bits per heavy atom. The van der Waals surface area contributed by atoms with E-state index in [1.807, 2.05) is 0 Å². The highest BCUT2D eigenvalue weighted by Crippen LogP contribution is 2.15. The van der Waals surface area contributed by atoms with Gasteiger partial charge in [0.25, 0.3) is 0 Å². The maximum Gasteiger partial charge on any atom is 0.430 e. The lowest BCUT2D eigenvalue weighted by atomic mass is 10.1. The largest absolute Gasteiger partial charge is 0.467 e. The maximum atomic E-state index is 12.9. The van der Waals surface area contributed by atoms with Crippen molar-refractivity contribution in [3.05, 3.63) is 71.8 Å². The molecule has 0 spiro atoms. The number of hydrogen-bond acceptors (Lipinski definition) is 9. The molecular formula is C23H28N2O9. The lowest BCUT2D eigenvalue weighted by molar-refractivity contribution is -0.193. The van der Waals surface area contributed by atoms with Crippen LogP contribution in [0.25, 0.3) is 0 Å². The molecule has 2 atom stereocenters. The molecule has 0 saturated heterocycles. The van der Waals surface area contributed by atoms with E-state index >= 15 is 0 Å². The monoisotopic (exact) mass is 476 g/mol.